The van der Waals surface area contributed by atoms with E-state index in [1.165, 1.54) is 0 Å². The average molecular weight is 262 g/mol. The zero-order valence-corrected chi connectivity index (χ0v) is 11.4. The molecular formula is C15H22N2O2. The molecule has 1 aliphatic rings. The van der Waals surface area contributed by atoms with Crippen LogP contribution in [0.25, 0.3) is 0 Å². The number of carbonyl (C=O) groups is 1. The SMILES string of the molecule is CCOCc1ccccc1NC(=O)[C@H]1CCCCN1. The predicted molar refractivity (Wildman–Crippen MR) is 76.0 cm³/mol. The van der Waals surface area contributed by atoms with Crippen molar-refractivity contribution in [1.29, 1.82) is 0 Å². The molecule has 1 saturated heterocycles. The van der Waals surface area contributed by atoms with Gasteiger partial charge in [0.05, 0.1) is 12.6 Å². The summed E-state index contributed by atoms with van der Waals surface area (Å²) in [6.07, 6.45) is 3.19. The number of nitrogens with one attached hydrogen (secondary N) is 2. The lowest BCUT2D eigenvalue weighted by Gasteiger charge is -2.23. The molecule has 1 aromatic rings. The standard InChI is InChI=1S/C15H22N2O2/c1-2-19-11-12-7-3-4-8-13(12)17-15(18)14-9-5-6-10-16-14/h3-4,7-8,14,16H,2,5-6,9-11H2,1H3,(H,17,18)/t14-/m1/s1. The zero-order valence-electron chi connectivity index (χ0n) is 11.4. The summed E-state index contributed by atoms with van der Waals surface area (Å²) in [5.41, 5.74) is 1.88. The van der Waals surface area contributed by atoms with Gasteiger partial charge in [-0.15, -0.1) is 0 Å². The van der Waals surface area contributed by atoms with Crippen LogP contribution in [-0.4, -0.2) is 25.1 Å². The lowest BCUT2D eigenvalue weighted by atomic mass is 10.0. The summed E-state index contributed by atoms with van der Waals surface area (Å²) in [4.78, 5) is 12.2. The number of anilines is 1. The minimum absolute atomic E-state index is 0.0589. The fourth-order valence-corrected chi connectivity index (χ4v) is 2.28. The third kappa shape index (κ3) is 4.04. The molecule has 2 N–H and O–H groups in total. The molecule has 1 amide bonds. The van der Waals surface area contributed by atoms with Crippen molar-refractivity contribution in [3.05, 3.63) is 29.8 Å². The maximum absolute atomic E-state index is 12.2. The van der Waals surface area contributed by atoms with Gasteiger partial charge in [-0.05, 0) is 32.4 Å². The molecule has 0 aliphatic carbocycles. The molecule has 104 valence electrons. The zero-order chi connectivity index (χ0) is 13.5. The monoisotopic (exact) mass is 262 g/mol. The summed E-state index contributed by atoms with van der Waals surface area (Å²) < 4.78 is 5.42. The van der Waals surface area contributed by atoms with E-state index < -0.39 is 0 Å². The summed E-state index contributed by atoms with van der Waals surface area (Å²) in [6.45, 7) is 4.10. The van der Waals surface area contributed by atoms with Gasteiger partial charge in [0.1, 0.15) is 0 Å². The Morgan fingerprint density at radius 1 is 1.42 bits per heavy atom. The number of carbonyl (C=O) groups excluding carboxylic acids is 1. The largest absolute Gasteiger partial charge is 0.377 e. The van der Waals surface area contributed by atoms with Crippen LogP contribution in [0.15, 0.2) is 24.3 Å². The van der Waals surface area contributed by atoms with Gasteiger partial charge in [-0.2, -0.15) is 0 Å². The van der Waals surface area contributed by atoms with Crippen LogP contribution in [0.1, 0.15) is 31.7 Å². The van der Waals surface area contributed by atoms with Gasteiger partial charge in [0.15, 0.2) is 0 Å². The van der Waals surface area contributed by atoms with E-state index in [9.17, 15) is 4.79 Å². The molecular weight excluding hydrogens is 240 g/mol. The fraction of sp³-hybridized carbons (Fsp3) is 0.533. The number of hydrogen-bond donors (Lipinski definition) is 2. The Balaban J connectivity index is 1.99. The number of benzene rings is 1. The average Bonchev–Trinajstić information content (AvgIpc) is 2.47. The maximum atomic E-state index is 12.2. The summed E-state index contributed by atoms with van der Waals surface area (Å²) in [6, 6.07) is 7.74. The van der Waals surface area contributed by atoms with Crippen molar-refractivity contribution in [2.45, 2.75) is 38.8 Å². The van der Waals surface area contributed by atoms with Gasteiger partial charge in [0.25, 0.3) is 0 Å². The molecule has 0 spiro atoms. The minimum Gasteiger partial charge on any atom is -0.377 e. The van der Waals surface area contributed by atoms with Gasteiger partial charge in [-0.1, -0.05) is 24.6 Å². The smallest absolute Gasteiger partial charge is 0.241 e. The van der Waals surface area contributed by atoms with E-state index in [0.29, 0.717) is 13.2 Å². The molecule has 1 atom stereocenters. The number of hydrogen-bond acceptors (Lipinski definition) is 3. The summed E-state index contributed by atoms with van der Waals surface area (Å²) in [5.74, 6) is 0.0589. The van der Waals surface area contributed by atoms with E-state index in [1.807, 2.05) is 31.2 Å². The molecule has 0 bridgehead atoms. The first-order chi connectivity index (χ1) is 9.31. The van der Waals surface area contributed by atoms with Crippen LogP contribution in [-0.2, 0) is 16.1 Å². The highest BCUT2D eigenvalue weighted by molar-refractivity contribution is 5.95. The van der Waals surface area contributed by atoms with Crippen LogP contribution in [0.4, 0.5) is 5.69 Å². The van der Waals surface area contributed by atoms with Gasteiger partial charge in [0.2, 0.25) is 5.91 Å². The number of piperidine rings is 1. The lowest BCUT2D eigenvalue weighted by molar-refractivity contribution is -0.118. The van der Waals surface area contributed by atoms with Crippen molar-refractivity contribution >= 4 is 11.6 Å². The second-order valence-electron chi connectivity index (χ2n) is 4.79. The first kappa shape index (κ1) is 14.0. The number of amides is 1. The van der Waals surface area contributed by atoms with Crippen molar-refractivity contribution in [2.75, 3.05) is 18.5 Å². The van der Waals surface area contributed by atoms with Gasteiger partial charge >= 0.3 is 0 Å². The third-order valence-electron chi connectivity index (χ3n) is 3.36. The Bertz CT molecular complexity index is 414. The van der Waals surface area contributed by atoms with Crippen molar-refractivity contribution in [1.82, 2.24) is 5.32 Å². The summed E-state index contributed by atoms with van der Waals surface area (Å²) >= 11 is 0. The van der Waals surface area contributed by atoms with E-state index in [0.717, 1.165) is 37.1 Å². The Morgan fingerprint density at radius 2 is 2.26 bits per heavy atom. The highest BCUT2D eigenvalue weighted by Gasteiger charge is 2.20. The van der Waals surface area contributed by atoms with Gasteiger partial charge in [0, 0.05) is 17.9 Å². The molecule has 19 heavy (non-hydrogen) atoms. The van der Waals surface area contributed by atoms with Crippen molar-refractivity contribution in [3.8, 4) is 0 Å². The Hall–Kier alpha value is -1.39. The summed E-state index contributed by atoms with van der Waals surface area (Å²) in [5, 5.41) is 6.27. The molecule has 4 nitrogen and oxygen atoms in total. The molecule has 4 heteroatoms. The highest BCUT2D eigenvalue weighted by atomic mass is 16.5. The summed E-state index contributed by atoms with van der Waals surface area (Å²) in [7, 11) is 0. The van der Waals surface area contributed by atoms with Crippen molar-refractivity contribution in [3.63, 3.8) is 0 Å². The number of rotatable bonds is 5. The predicted octanol–water partition coefficient (Wildman–Crippen LogP) is 2.30. The van der Waals surface area contributed by atoms with Gasteiger partial charge in [-0.3, -0.25) is 4.79 Å². The Morgan fingerprint density at radius 3 is 3.00 bits per heavy atom. The minimum atomic E-state index is -0.0612. The van der Waals surface area contributed by atoms with Crippen LogP contribution >= 0.6 is 0 Å². The third-order valence-corrected chi connectivity index (χ3v) is 3.36. The highest BCUT2D eigenvalue weighted by Crippen LogP contribution is 2.17. The number of para-hydroxylation sites is 1. The second kappa shape index (κ2) is 7.26. The Kier molecular flexibility index (Phi) is 5.36. The molecule has 1 aromatic carbocycles. The lowest BCUT2D eigenvalue weighted by Crippen LogP contribution is -2.43. The molecule has 1 aliphatic heterocycles. The number of ether oxygens (including phenoxy) is 1. The van der Waals surface area contributed by atoms with E-state index in [1.54, 1.807) is 0 Å². The molecule has 2 rings (SSSR count). The normalized spacial score (nSPS) is 19.1. The molecule has 0 aromatic heterocycles. The second-order valence-corrected chi connectivity index (χ2v) is 4.79. The Labute approximate surface area is 114 Å². The van der Waals surface area contributed by atoms with E-state index >= 15 is 0 Å². The van der Waals surface area contributed by atoms with Crippen molar-refractivity contribution < 1.29 is 9.53 Å². The van der Waals surface area contributed by atoms with Crippen LogP contribution < -0.4 is 10.6 Å². The molecule has 0 unspecified atom stereocenters. The van der Waals surface area contributed by atoms with Gasteiger partial charge < -0.3 is 15.4 Å². The van der Waals surface area contributed by atoms with Crippen LogP contribution in [0.5, 0.6) is 0 Å². The molecule has 1 fully saturated rings. The molecule has 0 saturated carbocycles. The van der Waals surface area contributed by atoms with Gasteiger partial charge in [-0.25, -0.2) is 0 Å². The quantitative estimate of drug-likeness (QED) is 0.856. The first-order valence-electron chi connectivity index (χ1n) is 7.01. The van der Waals surface area contributed by atoms with Crippen LogP contribution in [0, 0.1) is 0 Å². The maximum Gasteiger partial charge on any atom is 0.241 e. The molecule has 0 radical (unpaired) electrons. The van der Waals surface area contributed by atoms with Crippen LogP contribution in [0.2, 0.25) is 0 Å². The van der Waals surface area contributed by atoms with Crippen LogP contribution in [0.3, 0.4) is 0 Å². The first-order valence-corrected chi connectivity index (χ1v) is 7.01. The van der Waals surface area contributed by atoms with E-state index in [-0.39, 0.29) is 11.9 Å². The fourth-order valence-electron chi connectivity index (χ4n) is 2.28. The topological polar surface area (TPSA) is 50.4 Å². The van der Waals surface area contributed by atoms with E-state index in [2.05, 4.69) is 10.6 Å². The van der Waals surface area contributed by atoms with E-state index in [4.69, 9.17) is 4.74 Å². The van der Waals surface area contributed by atoms with Crippen molar-refractivity contribution in [2.24, 2.45) is 0 Å². The molecule has 1 heterocycles.